The molecule has 1 amide bonds. The van der Waals surface area contributed by atoms with Crippen LogP contribution >= 0.6 is 11.6 Å². The van der Waals surface area contributed by atoms with Crippen LogP contribution in [0.3, 0.4) is 0 Å². The summed E-state index contributed by atoms with van der Waals surface area (Å²) in [4.78, 5) is 14.5. The van der Waals surface area contributed by atoms with Crippen LogP contribution in [-0.2, 0) is 14.8 Å². The molecule has 0 aliphatic carbocycles. The van der Waals surface area contributed by atoms with E-state index >= 15 is 0 Å². The summed E-state index contributed by atoms with van der Waals surface area (Å²) in [5.74, 6) is -0.110. The van der Waals surface area contributed by atoms with E-state index in [9.17, 15) is 13.2 Å². The number of nitriles is 1. The van der Waals surface area contributed by atoms with E-state index in [1.165, 1.54) is 28.6 Å². The molecule has 1 fully saturated rings. The molecule has 30 heavy (non-hydrogen) atoms. The molecule has 1 aliphatic heterocycles. The number of hydrogen-bond acceptors (Lipinski definition) is 5. The van der Waals surface area contributed by atoms with Crippen LogP contribution < -0.4 is 5.32 Å². The molecular weight excluding hydrogens is 424 g/mol. The van der Waals surface area contributed by atoms with Gasteiger partial charge in [-0.15, -0.1) is 0 Å². The number of carbonyl (C=O) groups is 1. The molecule has 158 valence electrons. The number of benzene rings is 2. The van der Waals surface area contributed by atoms with Crippen molar-refractivity contribution in [2.45, 2.75) is 17.9 Å². The first-order valence-electron chi connectivity index (χ1n) is 9.57. The maximum absolute atomic E-state index is 12.8. The molecule has 0 saturated carbocycles. The Labute approximate surface area is 181 Å². The number of nitrogens with one attached hydrogen (secondary N) is 1. The van der Waals surface area contributed by atoms with Gasteiger partial charge in [0.05, 0.1) is 29.1 Å². The molecule has 1 N–H and O–H groups in total. The van der Waals surface area contributed by atoms with Crippen LogP contribution in [0.1, 0.15) is 24.1 Å². The van der Waals surface area contributed by atoms with Crippen molar-refractivity contribution in [2.75, 3.05) is 32.7 Å². The van der Waals surface area contributed by atoms with Gasteiger partial charge in [-0.2, -0.15) is 9.57 Å². The highest BCUT2D eigenvalue weighted by Crippen LogP contribution is 2.19. The Morgan fingerprint density at radius 3 is 2.27 bits per heavy atom. The van der Waals surface area contributed by atoms with Gasteiger partial charge in [0.2, 0.25) is 15.9 Å². The van der Waals surface area contributed by atoms with E-state index in [4.69, 9.17) is 16.9 Å². The highest BCUT2D eigenvalue weighted by atomic mass is 35.5. The van der Waals surface area contributed by atoms with Crippen LogP contribution in [-0.4, -0.2) is 56.3 Å². The van der Waals surface area contributed by atoms with Crippen LogP contribution in [0.15, 0.2) is 53.4 Å². The maximum Gasteiger partial charge on any atom is 0.243 e. The van der Waals surface area contributed by atoms with E-state index < -0.39 is 10.0 Å². The van der Waals surface area contributed by atoms with Crippen LogP contribution in [0.5, 0.6) is 0 Å². The number of carbonyl (C=O) groups excluding carboxylic acids is 1. The fraction of sp³-hybridized carbons (Fsp3) is 0.333. The summed E-state index contributed by atoms with van der Waals surface area (Å²) in [5, 5.41) is 12.5. The molecule has 2 aromatic rings. The summed E-state index contributed by atoms with van der Waals surface area (Å²) in [6.45, 7) is 3.67. The Morgan fingerprint density at radius 1 is 1.10 bits per heavy atom. The van der Waals surface area contributed by atoms with Crippen molar-refractivity contribution in [3.8, 4) is 6.07 Å². The van der Waals surface area contributed by atoms with E-state index in [-0.39, 0.29) is 23.4 Å². The van der Waals surface area contributed by atoms with Crippen molar-refractivity contribution < 1.29 is 13.2 Å². The van der Waals surface area contributed by atoms with Gasteiger partial charge in [-0.05, 0) is 48.9 Å². The van der Waals surface area contributed by atoms with Crippen molar-refractivity contribution in [3.63, 3.8) is 0 Å². The molecule has 1 unspecified atom stereocenters. The van der Waals surface area contributed by atoms with Gasteiger partial charge in [-0.1, -0.05) is 23.7 Å². The lowest BCUT2D eigenvalue weighted by Gasteiger charge is -2.33. The molecule has 3 rings (SSSR count). The van der Waals surface area contributed by atoms with Gasteiger partial charge < -0.3 is 5.32 Å². The van der Waals surface area contributed by atoms with Gasteiger partial charge in [-0.3, -0.25) is 9.69 Å². The molecule has 2 aromatic carbocycles. The predicted octanol–water partition coefficient (Wildman–Crippen LogP) is 2.40. The SMILES string of the molecule is CC(NC(=O)CN1CCN(S(=O)(=O)c2ccc(C#N)cc2)CC1)c1ccc(Cl)cc1. The molecule has 0 aromatic heterocycles. The fourth-order valence-electron chi connectivity index (χ4n) is 3.30. The number of piperazine rings is 1. The minimum absolute atomic E-state index is 0.110. The molecule has 7 nitrogen and oxygen atoms in total. The predicted molar refractivity (Wildman–Crippen MR) is 114 cm³/mol. The highest BCUT2D eigenvalue weighted by molar-refractivity contribution is 7.89. The quantitative estimate of drug-likeness (QED) is 0.735. The van der Waals surface area contributed by atoms with Crippen molar-refractivity contribution in [1.82, 2.24) is 14.5 Å². The first-order valence-corrected chi connectivity index (χ1v) is 11.4. The lowest BCUT2D eigenvalue weighted by molar-refractivity contribution is -0.123. The number of halogens is 1. The molecule has 0 bridgehead atoms. The van der Waals surface area contributed by atoms with Gasteiger partial charge in [0.1, 0.15) is 0 Å². The van der Waals surface area contributed by atoms with Gasteiger partial charge in [0, 0.05) is 31.2 Å². The second kappa shape index (κ2) is 9.58. The first kappa shape index (κ1) is 22.2. The number of rotatable bonds is 6. The van der Waals surface area contributed by atoms with E-state index in [0.717, 1.165) is 5.56 Å². The summed E-state index contributed by atoms with van der Waals surface area (Å²) in [6, 6.07) is 15.0. The standard InChI is InChI=1S/C21H23ClN4O3S/c1-16(18-4-6-19(22)7-5-18)24-21(27)15-25-10-12-26(13-11-25)30(28,29)20-8-2-17(14-23)3-9-20/h2-9,16H,10-13,15H2,1H3,(H,24,27). The molecule has 9 heteroatoms. The number of nitrogens with zero attached hydrogens (tertiary/aromatic N) is 3. The number of amides is 1. The molecule has 1 saturated heterocycles. The largest absolute Gasteiger partial charge is 0.348 e. The number of sulfonamides is 1. The zero-order chi connectivity index (χ0) is 21.7. The minimum atomic E-state index is -3.61. The van der Waals surface area contributed by atoms with Crippen molar-refractivity contribution in [3.05, 3.63) is 64.7 Å². The second-order valence-corrected chi connectivity index (χ2v) is 9.53. The van der Waals surface area contributed by atoms with Gasteiger partial charge in [0.15, 0.2) is 0 Å². The van der Waals surface area contributed by atoms with E-state index in [1.54, 1.807) is 12.1 Å². The summed E-state index contributed by atoms with van der Waals surface area (Å²) >= 11 is 5.89. The first-order chi connectivity index (χ1) is 14.3. The Hall–Kier alpha value is -2.44. The van der Waals surface area contributed by atoms with Crippen LogP contribution in [0.2, 0.25) is 5.02 Å². The van der Waals surface area contributed by atoms with Gasteiger partial charge in [0.25, 0.3) is 0 Å². The van der Waals surface area contributed by atoms with Crippen molar-refractivity contribution in [1.29, 1.82) is 5.26 Å². The zero-order valence-corrected chi connectivity index (χ0v) is 18.2. The van der Waals surface area contributed by atoms with Crippen LogP contribution in [0.4, 0.5) is 0 Å². The van der Waals surface area contributed by atoms with Crippen LogP contribution in [0, 0.1) is 11.3 Å². The summed E-state index contributed by atoms with van der Waals surface area (Å²) < 4.78 is 27.0. The summed E-state index contributed by atoms with van der Waals surface area (Å²) in [6.07, 6.45) is 0. The monoisotopic (exact) mass is 446 g/mol. The average Bonchev–Trinajstić information content (AvgIpc) is 2.74. The topological polar surface area (TPSA) is 93.5 Å². The van der Waals surface area contributed by atoms with E-state index in [2.05, 4.69) is 5.32 Å². The molecule has 0 spiro atoms. The maximum atomic E-state index is 12.8. The fourth-order valence-corrected chi connectivity index (χ4v) is 4.85. The number of hydrogen-bond donors (Lipinski definition) is 1. The summed E-state index contributed by atoms with van der Waals surface area (Å²) in [5.41, 5.74) is 1.38. The molecule has 1 aliphatic rings. The molecule has 1 heterocycles. The van der Waals surface area contributed by atoms with E-state index in [1.807, 2.05) is 30.0 Å². The van der Waals surface area contributed by atoms with Crippen molar-refractivity contribution in [2.24, 2.45) is 0 Å². The smallest absolute Gasteiger partial charge is 0.243 e. The molecule has 1 atom stereocenters. The Morgan fingerprint density at radius 2 is 1.70 bits per heavy atom. The average molecular weight is 447 g/mol. The Kier molecular flexibility index (Phi) is 7.10. The zero-order valence-electron chi connectivity index (χ0n) is 16.6. The second-order valence-electron chi connectivity index (χ2n) is 7.16. The molecule has 0 radical (unpaired) electrons. The molecular formula is C21H23ClN4O3S. The lowest BCUT2D eigenvalue weighted by Crippen LogP contribution is -2.51. The minimum Gasteiger partial charge on any atom is -0.348 e. The third kappa shape index (κ3) is 5.37. The normalized spacial score (nSPS) is 16.6. The highest BCUT2D eigenvalue weighted by Gasteiger charge is 2.29. The lowest BCUT2D eigenvalue weighted by atomic mass is 10.1. The Bertz CT molecular complexity index is 1030. The van der Waals surface area contributed by atoms with Gasteiger partial charge >= 0.3 is 0 Å². The third-order valence-electron chi connectivity index (χ3n) is 5.07. The summed E-state index contributed by atoms with van der Waals surface area (Å²) in [7, 11) is -3.61. The third-order valence-corrected chi connectivity index (χ3v) is 7.23. The Balaban J connectivity index is 1.51. The van der Waals surface area contributed by atoms with E-state index in [0.29, 0.717) is 36.8 Å². The van der Waals surface area contributed by atoms with Gasteiger partial charge in [-0.25, -0.2) is 8.42 Å². The van der Waals surface area contributed by atoms with Crippen molar-refractivity contribution >= 4 is 27.5 Å². The van der Waals surface area contributed by atoms with Crippen LogP contribution in [0.25, 0.3) is 0 Å².